The van der Waals surface area contributed by atoms with Crippen molar-refractivity contribution in [3.8, 4) is 0 Å². The predicted molar refractivity (Wildman–Crippen MR) is 77.4 cm³/mol. The number of hydrogen-bond donors (Lipinski definition) is 1. The number of benzene rings is 1. The SMILES string of the molecule is COC(=O)c1ccc(NC2CCCC(C)C2C)cc1. The maximum Gasteiger partial charge on any atom is 0.337 e. The molecular formula is C16H23NO2. The maximum atomic E-state index is 11.4. The van der Waals surface area contributed by atoms with E-state index in [2.05, 4.69) is 19.2 Å². The summed E-state index contributed by atoms with van der Waals surface area (Å²) < 4.78 is 4.70. The highest BCUT2D eigenvalue weighted by atomic mass is 16.5. The maximum absolute atomic E-state index is 11.4. The van der Waals surface area contributed by atoms with Crippen molar-refractivity contribution in [2.24, 2.45) is 11.8 Å². The molecule has 1 N–H and O–H groups in total. The summed E-state index contributed by atoms with van der Waals surface area (Å²) in [7, 11) is 1.40. The number of nitrogens with one attached hydrogen (secondary N) is 1. The second-order valence-corrected chi connectivity index (χ2v) is 5.59. The van der Waals surface area contributed by atoms with Gasteiger partial charge >= 0.3 is 5.97 Å². The largest absolute Gasteiger partial charge is 0.465 e. The number of hydrogen-bond acceptors (Lipinski definition) is 3. The van der Waals surface area contributed by atoms with Crippen LogP contribution in [0.1, 0.15) is 43.5 Å². The van der Waals surface area contributed by atoms with Crippen molar-refractivity contribution in [1.29, 1.82) is 0 Å². The van der Waals surface area contributed by atoms with E-state index in [9.17, 15) is 4.79 Å². The first-order chi connectivity index (χ1) is 9.11. The second-order valence-electron chi connectivity index (χ2n) is 5.59. The van der Waals surface area contributed by atoms with E-state index < -0.39 is 0 Å². The van der Waals surface area contributed by atoms with Gasteiger partial charge in [-0.3, -0.25) is 0 Å². The van der Waals surface area contributed by atoms with E-state index in [-0.39, 0.29) is 5.97 Å². The van der Waals surface area contributed by atoms with Gasteiger partial charge in [0.1, 0.15) is 0 Å². The summed E-state index contributed by atoms with van der Waals surface area (Å²) in [6.45, 7) is 4.66. The lowest BCUT2D eigenvalue weighted by Gasteiger charge is -2.35. The molecule has 3 heteroatoms. The lowest BCUT2D eigenvalue weighted by atomic mass is 9.78. The Morgan fingerprint density at radius 2 is 1.89 bits per heavy atom. The quantitative estimate of drug-likeness (QED) is 0.843. The van der Waals surface area contributed by atoms with Crippen molar-refractivity contribution < 1.29 is 9.53 Å². The first-order valence-electron chi connectivity index (χ1n) is 7.06. The molecule has 1 aliphatic carbocycles. The summed E-state index contributed by atoms with van der Waals surface area (Å²) in [5, 5.41) is 3.59. The molecule has 3 nitrogen and oxygen atoms in total. The number of anilines is 1. The average molecular weight is 261 g/mol. The third kappa shape index (κ3) is 3.28. The minimum absolute atomic E-state index is 0.286. The van der Waals surface area contributed by atoms with Crippen molar-refractivity contribution in [3.05, 3.63) is 29.8 Å². The van der Waals surface area contributed by atoms with Crippen LogP contribution in [0.5, 0.6) is 0 Å². The Morgan fingerprint density at radius 3 is 2.53 bits per heavy atom. The Bertz CT molecular complexity index is 427. The fourth-order valence-electron chi connectivity index (χ4n) is 2.82. The zero-order chi connectivity index (χ0) is 13.8. The van der Waals surface area contributed by atoms with Gasteiger partial charge in [-0.05, 0) is 42.5 Å². The highest BCUT2D eigenvalue weighted by Gasteiger charge is 2.26. The van der Waals surface area contributed by atoms with Crippen molar-refractivity contribution >= 4 is 11.7 Å². The molecule has 0 heterocycles. The molecule has 1 saturated carbocycles. The van der Waals surface area contributed by atoms with Gasteiger partial charge in [-0.1, -0.05) is 26.7 Å². The highest BCUT2D eigenvalue weighted by Crippen LogP contribution is 2.31. The van der Waals surface area contributed by atoms with E-state index in [1.54, 1.807) is 0 Å². The van der Waals surface area contributed by atoms with Crippen LogP contribution in [-0.4, -0.2) is 19.1 Å². The molecular weight excluding hydrogens is 238 g/mol. The molecule has 1 aromatic rings. The van der Waals surface area contributed by atoms with E-state index in [0.29, 0.717) is 17.5 Å². The van der Waals surface area contributed by atoms with Crippen LogP contribution in [0.15, 0.2) is 24.3 Å². The number of ether oxygens (including phenoxy) is 1. The molecule has 0 spiro atoms. The van der Waals surface area contributed by atoms with Gasteiger partial charge < -0.3 is 10.1 Å². The molecule has 1 aliphatic rings. The van der Waals surface area contributed by atoms with Crippen LogP contribution in [-0.2, 0) is 4.74 Å². The molecule has 0 saturated heterocycles. The monoisotopic (exact) mass is 261 g/mol. The Kier molecular flexibility index (Phi) is 4.46. The molecule has 0 aliphatic heterocycles. The normalized spacial score (nSPS) is 26.8. The van der Waals surface area contributed by atoms with Gasteiger partial charge in [0.05, 0.1) is 12.7 Å². The number of carbonyl (C=O) groups excluding carboxylic acids is 1. The first kappa shape index (κ1) is 13.9. The van der Waals surface area contributed by atoms with Crippen molar-refractivity contribution in [1.82, 2.24) is 0 Å². The molecule has 1 aromatic carbocycles. The minimum atomic E-state index is -0.286. The van der Waals surface area contributed by atoms with Crippen molar-refractivity contribution in [2.75, 3.05) is 12.4 Å². The second kappa shape index (κ2) is 6.09. The number of methoxy groups -OCH3 is 1. The fraction of sp³-hybridized carbons (Fsp3) is 0.562. The Morgan fingerprint density at radius 1 is 1.21 bits per heavy atom. The predicted octanol–water partition coefficient (Wildman–Crippen LogP) is 3.71. The smallest absolute Gasteiger partial charge is 0.337 e. The fourth-order valence-corrected chi connectivity index (χ4v) is 2.82. The molecule has 3 unspecified atom stereocenters. The summed E-state index contributed by atoms with van der Waals surface area (Å²) in [4.78, 5) is 11.4. The van der Waals surface area contributed by atoms with Crippen molar-refractivity contribution in [2.45, 2.75) is 39.2 Å². The Balaban J connectivity index is 2.01. The van der Waals surface area contributed by atoms with Crippen LogP contribution >= 0.6 is 0 Å². The van der Waals surface area contributed by atoms with Crippen LogP contribution in [0.25, 0.3) is 0 Å². The molecule has 19 heavy (non-hydrogen) atoms. The zero-order valence-electron chi connectivity index (χ0n) is 12.0. The molecule has 0 radical (unpaired) electrons. The van der Waals surface area contributed by atoms with Gasteiger partial charge in [0.15, 0.2) is 0 Å². The van der Waals surface area contributed by atoms with E-state index >= 15 is 0 Å². The summed E-state index contributed by atoms with van der Waals surface area (Å²) in [6, 6.07) is 8.07. The standard InChI is InChI=1S/C16H23NO2/c1-11-5-4-6-15(12(11)2)17-14-9-7-13(8-10-14)16(18)19-3/h7-12,15,17H,4-6H2,1-3H3. The topological polar surface area (TPSA) is 38.3 Å². The molecule has 0 aromatic heterocycles. The van der Waals surface area contributed by atoms with Gasteiger partial charge in [-0.2, -0.15) is 0 Å². The lowest BCUT2D eigenvalue weighted by molar-refractivity contribution is 0.0601. The average Bonchev–Trinajstić information content (AvgIpc) is 2.44. The van der Waals surface area contributed by atoms with Gasteiger partial charge in [0, 0.05) is 11.7 Å². The van der Waals surface area contributed by atoms with Crippen LogP contribution in [0.2, 0.25) is 0 Å². The van der Waals surface area contributed by atoms with E-state index in [1.165, 1.54) is 26.4 Å². The molecule has 2 rings (SSSR count). The van der Waals surface area contributed by atoms with E-state index in [0.717, 1.165) is 11.6 Å². The summed E-state index contributed by atoms with van der Waals surface area (Å²) >= 11 is 0. The number of rotatable bonds is 3. The summed E-state index contributed by atoms with van der Waals surface area (Å²) in [6.07, 6.45) is 3.86. The van der Waals surface area contributed by atoms with Gasteiger partial charge in [-0.25, -0.2) is 4.79 Å². The molecule has 0 amide bonds. The third-order valence-corrected chi connectivity index (χ3v) is 4.36. The van der Waals surface area contributed by atoms with Gasteiger partial charge in [-0.15, -0.1) is 0 Å². The summed E-state index contributed by atoms with van der Waals surface area (Å²) in [5.74, 6) is 1.18. The van der Waals surface area contributed by atoms with Crippen LogP contribution in [0.3, 0.4) is 0 Å². The summed E-state index contributed by atoms with van der Waals surface area (Å²) in [5.41, 5.74) is 1.68. The van der Waals surface area contributed by atoms with Crippen LogP contribution in [0, 0.1) is 11.8 Å². The van der Waals surface area contributed by atoms with Crippen LogP contribution < -0.4 is 5.32 Å². The zero-order valence-corrected chi connectivity index (χ0v) is 12.0. The minimum Gasteiger partial charge on any atom is -0.465 e. The molecule has 104 valence electrons. The van der Waals surface area contributed by atoms with Crippen molar-refractivity contribution in [3.63, 3.8) is 0 Å². The highest BCUT2D eigenvalue weighted by molar-refractivity contribution is 5.89. The van der Waals surface area contributed by atoms with Crippen LogP contribution in [0.4, 0.5) is 5.69 Å². The van der Waals surface area contributed by atoms with E-state index in [1.807, 2.05) is 24.3 Å². The Labute approximate surface area is 115 Å². The number of esters is 1. The first-order valence-corrected chi connectivity index (χ1v) is 7.06. The molecule has 1 fully saturated rings. The molecule has 3 atom stereocenters. The van der Waals surface area contributed by atoms with Gasteiger partial charge in [0.2, 0.25) is 0 Å². The lowest BCUT2D eigenvalue weighted by Crippen LogP contribution is -2.34. The molecule has 0 bridgehead atoms. The Hall–Kier alpha value is -1.51. The van der Waals surface area contributed by atoms with E-state index in [4.69, 9.17) is 4.74 Å². The third-order valence-electron chi connectivity index (χ3n) is 4.36. The van der Waals surface area contributed by atoms with Gasteiger partial charge in [0.25, 0.3) is 0 Å². The number of carbonyl (C=O) groups is 1.